The molecule has 1 rings (SSSR count). The Morgan fingerprint density at radius 2 is 2.08 bits per heavy atom. The van der Waals surface area contributed by atoms with E-state index in [1.54, 1.807) is 6.07 Å². The molecule has 0 heterocycles. The van der Waals surface area contributed by atoms with Gasteiger partial charge in [-0.15, -0.1) is 0 Å². The van der Waals surface area contributed by atoms with Gasteiger partial charge in [0.25, 0.3) is 0 Å². The number of allylic oxidation sites excluding steroid dienone is 4. The number of aryl methyl sites for hydroxylation is 1. The normalized spacial score (nSPS) is 12.4. The number of hydrogen-bond donors (Lipinski definition) is 1. The number of aliphatic imine (C=N–C) groups is 1. The molecule has 0 fully saturated rings. The quantitative estimate of drug-likeness (QED) is 0.338. The Labute approximate surface area is 140 Å². The molecule has 24 heavy (non-hydrogen) atoms. The zero-order valence-electron chi connectivity index (χ0n) is 13.7. The average Bonchev–Trinajstić information content (AvgIpc) is 2.53. The average molecular weight is 335 g/mol. The van der Waals surface area contributed by atoms with Crippen LogP contribution in [0.2, 0.25) is 0 Å². The molecule has 0 aliphatic carbocycles. The first-order valence-corrected chi connectivity index (χ1v) is 7.28. The molecule has 0 saturated carbocycles. The molecular weight excluding hydrogens is 315 g/mol. The molecule has 1 aromatic rings. The van der Waals surface area contributed by atoms with Gasteiger partial charge in [0, 0.05) is 17.8 Å². The van der Waals surface area contributed by atoms with Crippen molar-refractivity contribution in [1.29, 1.82) is 0 Å². The summed E-state index contributed by atoms with van der Waals surface area (Å²) >= 11 is 0. The van der Waals surface area contributed by atoms with E-state index in [2.05, 4.69) is 23.5 Å². The lowest BCUT2D eigenvalue weighted by Gasteiger charge is -2.12. The molecule has 0 unspecified atom stereocenters. The van der Waals surface area contributed by atoms with Gasteiger partial charge in [0.15, 0.2) is 0 Å². The highest BCUT2D eigenvalue weighted by atomic mass is 19.4. The molecule has 0 atom stereocenters. The summed E-state index contributed by atoms with van der Waals surface area (Å²) in [5.41, 5.74) is 1.55. The maximum absolute atomic E-state index is 13.5. The van der Waals surface area contributed by atoms with Gasteiger partial charge in [-0.3, -0.25) is 4.99 Å². The number of benzene rings is 1. The largest absolute Gasteiger partial charge is 0.341 e. The Hall–Kier alpha value is -2.76. The maximum Gasteiger partial charge on any atom is 0.133 e. The Balaban J connectivity index is 2.94. The summed E-state index contributed by atoms with van der Waals surface area (Å²) in [6.45, 7) is 11.3. The molecule has 0 aliphatic heterocycles. The molecule has 6 heteroatoms. The van der Waals surface area contributed by atoms with Crippen LogP contribution in [0, 0.1) is 12.7 Å². The number of nitrogens with one attached hydrogen (secondary N) is 1. The van der Waals surface area contributed by atoms with Gasteiger partial charge in [-0.05, 0) is 55.1 Å². The van der Waals surface area contributed by atoms with Gasteiger partial charge in [0.05, 0.1) is 0 Å². The van der Waals surface area contributed by atoms with E-state index in [1.165, 1.54) is 30.4 Å². The first kappa shape index (κ1) is 19.3. The predicted octanol–water partition coefficient (Wildman–Crippen LogP) is 4.70. The third-order valence-corrected chi connectivity index (χ3v) is 3.02. The van der Waals surface area contributed by atoms with Crippen molar-refractivity contribution in [1.82, 2.24) is 10.7 Å². The highest BCUT2D eigenvalue weighted by Gasteiger charge is 2.08. The molecule has 128 valence electrons. The van der Waals surface area contributed by atoms with Crippen LogP contribution in [0.25, 0.3) is 0 Å². The maximum atomic E-state index is 13.5. The van der Waals surface area contributed by atoms with E-state index in [9.17, 15) is 13.4 Å². The molecular formula is C18H20F3N3. The monoisotopic (exact) mass is 335 g/mol. The third kappa shape index (κ3) is 5.79. The number of nitrogens with zero attached hydrogens (tertiary/aromatic N) is 2. The summed E-state index contributed by atoms with van der Waals surface area (Å²) in [7, 11) is 0. The van der Waals surface area contributed by atoms with Crippen molar-refractivity contribution < 1.29 is 13.4 Å². The highest BCUT2D eigenvalue weighted by Crippen LogP contribution is 2.12. The fourth-order valence-corrected chi connectivity index (χ4v) is 1.85. The first-order valence-electron chi connectivity index (χ1n) is 7.28. The molecule has 0 amide bonds. The molecule has 0 radical (unpaired) electrons. The molecule has 0 aromatic heterocycles. The van der Waals surface area contributed by atoms with Crippen LogP contribution in [0.4, 0.5) is 13.4 Å². The summed E-state index contributed by atoms with van der Waals surface area (Å²) in [4.78, 5) is 4.31. The van der Waals surface area contributed by atoms with Crippen molar-refractivity contribution >= 4 is 5.84 Å². The molecule has 0 aliphatic rings. The Morgan fingerprint density at radius 1 is 1.38 bits per heavy atom. The lowest BCUT2D eigenvalue weighted by atomic mass is 10.1. The van der Waals surface area contributed by atoms with Gasteiger partial charge in [-0.25, -0.2) is 4.39 Å². The van der Waals surface area contributed by atoms with Gasteiger partial charge < -0.3 is 5.32 Å². The van der Waals surface area contributed by atoms with Crippen LogP contribution in [-0.2, 0) is 0 Å². The van der Waals surface area contributed by atoms with Crippen molar-refractivity contribution in [2.45, 2.75) is 13.8 Å². The fraction of sp³-hybridized carbons (Fsp3) is 0.167. The lowest BCUT2D eigenvalue weighted by molar-refractivity contribution is -0.112. The zero-order valence-corrected chi connectivity index (χ0v) is 13.7. The topological polar surface area (TPSA) is 27.6 Å². The first-order chi connectivity index (χ1) is 11.4. The van der Waals surface area contributed by atoms with Crippen LogP contribution in [-0.4, -0.2) is 17.7 Å². The van der Waals surface area contributed by atoms with Gasteiger partial charge in [0.2, 0.25) is 0 Å². The van der Waals surface area contributed by atoms with Gasteiger partial charge in [-0.2, -0.15) is 0 Å². The van der Waals surface area contributed by atoms with Gasteiger partial charge in [-0.1, -0.05) is 34.3 Å². The molecule has 0 spiro atoms. The van der Waals surface area contributed by atoms with Crippen molar-refractivity contribution in [3.63, 3.8) is 0 Å². The Bertz CT molecular complexity index is 689. The predicted molar refractivity (Wildman–Crippen MR) is 92.0 cm³/mol. The minimum absolute atomic E-state index is 0.345. The van der Waals surface area contributed by atoms with Crippen molar-refractivity contribution in [2.75, 3.05) is 6.54 Å². The number of halogens is 3. The van der Waals surface area contributed by atoms with E-state index in [-0.39, 0.29) is 11.5 Å². The molecule has 3 nitrogen and oxygen atoms in total. The van der Waals surface area contributed by atoms with Crippen molar-refractivity contribution in [3.8, 4) is 0 Å². The smallest absolute Gasteiger partial charge is 0.133 e. The van der Waals surface area contributed by atoms with Crippen molar-refractivity contribution in [2.24, 2.45) is 4.99 Å². The second-order valence-corrected chi connectivity index (χ2v) is 4.82. The lowest BCUT2D eigenvalue weighted by Crippen LogP contribution is -2.24. The number of amidine groups is 1. The zero-order chi connectivity index (χ0) is 18.1. The van der Waals surface area contributed by atoms with Crippen LogP contribution >= 0.6 is 0 Å². The minimum atomic E-state index is -1.03. The van der Waals surface area contributed by atoms with E-state index in [4.69, 9.17) is 0 Å². The van der Waals surface area contributed by atoms with Gasteiger partial charge >= 0.3 is 0 Å². The summed E-state index contributed by atoms with van der Waals surface area (Å²) in [5.74, 6) is 0.0987. The standard InChI is InChI=1S/C18H20F3N3/c1-5-16(24(20)21)9-7-8-14(4)23-18(22-6-2)17-12-15(19)11-10-13(17)3/h5,7-12H,1,4,6H2,2-3H3,(H,22,23)/b8-7+,16-9+. The van der Waals surface area contributed by atoms with E-state index in [0.29, 0.717) is 23.6 Å². The molecule has 1 N–H and O–H groups in total. The van der Waals surface area contributed by atoms with E-state index < -0.39 is 5.34 Å². The van der Waals surface area contributed by atoms with Gasteiger partial charge in [0.1, 0.15) is 17.3 Å². The van der Waals surface area contributed by atoms with E-state index in [0.717, 1.165) is 11.6 Å². The Kier molecular flexibility index (Phi) is 7.55. The number of hydrogen-bond acceptors (Lipinski definition) is 2. The summed E-state index contributed by atoms with van der Waals surface area (Å²) in [6.07, 6.45) is 5.12. The van der Waals surface area contributed by atoms with Crippen molar-refractivity contribution in [3.05, 3.63) is 84.0 Å². The summed E-state index contributed by atoms with van der Waals surface area (Å²) in [6, 6.07) is 4.42. The molecule has 0 saturated heterocycles. The molecule has 0 bridgehead atoms. The Morgan fingerprint density at radius 3 is 2.67 bits per heavy atom. The third-order valence-electron chi connectivity index (χ3n) is 3.02. The highest BCUT2D eigenvalue weighted by molar-refractivity contribution is 6.01. The second-order valence-electron chi connectivity index (χ2n) is 4.82. The summed E-state index contributed by atoms with van der Waals surface area (Å²) < 4.78 is 38.3. The fourth-order valence-electron chi connectivity index (χ4n) is 1.85. The minimum Gasteiger partial charge on any atom is -0.341 e. The van der Waals surface area contributed by atoms with E-state index >= 15 is 0 Å². The molecule has 1 aromatic carbocycles. The SMILES string of the molecule is C=C/C(=C\C=C\C(=C)NC(=NCC)c1cc(F)ccc1C)N(F)F. The number of rotatable bonds is 7. The second kappa shape index (κ2) is 9.39. The van der Waals surface area contributed by atoms with Crippen LogP contribution < -0.4 is 5.32 Å². The van der Waals surface area contributed by atoms with Crippen LogP contribution in [0.3, 0.4) is 0 Å². The van der Waals surface area contributed by atoms with E-state index in [1.807, 2.05) is 13.8 Å². The van der Waals surface area contributed by atoms with Crippen LogP contribution in [0.15, 0.2) is 72.0 Å². The van der Waals surface area contributed by atoms with Crippen LogP contribution in [0.5, 0.6) is 0 Å². The summed E-state index contributed by atoms with van der Waals surface area (Å²) in [5, 5.41) is 1.93. The van der Waals surface area contributed by atoms with Crippen LogP contribution in [0.1, 0.15) is 18.1 Å².